The molecule has 0 unspecified atom stereocenters. The fourth-order valence-electron chi connectivity index (χ4n) is 3.79. The lowest BCUT2D eigenvalue weighted by Gasteiger charge is -2.20. The molecule has 34 heavy (non-hydrogen) atoms. The van der Waals surface area contributed by atoms with Gasteiger partial charge in [-0.25, -0.2) is 4.79 Å². The van der Waals surface area contributed by atoms with E-state index in [4.69, 9.17) is 15.2 Å². The normalized spacial score (nSPS) is 13.6. The van der Waals surface area contributed by atoms with E-state index in [-0.39, 0.29) is 45.9 Å². The van der Waals surface area contributed by atoms with E-state index < -0.39 is 17.8 Å². The van der Waals surface area contributed by atoms with Crippen molar-refractivity contribution in [2.24, 2.45) is 5.73 Å². The minimum absolute atomic E-state index is 0.0868. The molecule has 2 aromatic rings. The molecule has 0 aliphatic carbocycles. The van der Waals surface area contributed by atoms with Crippen molar-refractivity contribution in [1.82, 2.24) is 4.90 Å². The molecule has 10 heteroatoms. The highest BCUT2D eigenvalue weighted by molar-refractivity contribution is 7.18. The number of nitrogens with two attached hydrogens (primary N) is 1. The molecule has 1 aliphatic rings. The summed E-state index contributed by atoms with van der Waals surface area (Å²) in [5.41, 5.74) is 6.05. The predicted octanol–water partition coefficient (Wildman–Crippen LogP) is 3.37. The van der Waals surface area contributed by atoms with Crippen LogP contribution in [0.2, 0.25) is 0 Å². The highest BCUT2D eigenvalue weighted by atomic mass is 32.1. The Morgan fingerprint density at radius 1 is 1.09 bits per heavy atom. The van der Waals surface area contributed by atoms with Gasteiger partial charge in [-0.2, -0.15) is 0 Å². The summed E-state index contributed by atoms with van der Waals surface area (Å²) in [6.45, 7) is 4.61. The van der Waals surface area contributed by atoms with Crippen LogP contribution >= 0.6 is 11.3 Å². The lowest BCUT2D eigenvalue weighted by atomic mass is 10.1. The van der Waals surface area contributed by atoms with E-state index in [9.17, 15) is 19.2 Å². The number of benzene rings is 1. The second-order valence-corrected chi connectivity index (χ2v) is 8.90. The molecule has 3 N–H and O–H groups in total. The number of ether oxygens (including phenoxy) is 2. The molecular weight excluding hydrogens is 458 g/mol. The Hall–Kier alpha value is -3.40. The summed E-state index contributed by atoms with van der Waals surface area (Å²) < 4.78 is 10.8. The first-order valence-corrected chi connectivity index (χ1v) is 12.1. The SMILES string of the molecule is CCOC(=O)c1c(NC(=O)c2ccccc2OCC(=O)N2CCCCCC2)sc(C(N)=O)c1C. The number of carbonyl (C=O) groups excluding carboxylic acids is 4. The number of likely N-dealkylation sites (tertiary alicyclic amines) is 1. The third-order valence-corrected chi connectivity index (χ3v) is 6.74. The van der Waals surface area contributed by atoms with Crippen molar-refractivity contribution < 1.29 is 28.7 Å². The molecule has 1 aromatic heterocycles. The number of hydrogen-bond donors (Lipinski definition) is 2. The topological polar surface area (TPSA) is 128 Å². The molecule has 0 bridgehead atoms. The van der Waals surface area contributed by atoms with Crippen LogP contribution in [-0.4, -0.2) is 54.9 Å². The van der Waals surface area contributed by atoms with Crippen molar-refractivity contribution in [3.8, 4) is 5.75 Å². The van der Waals surface area contributed by atoms with Gasteiger partial charge in [0, 0.05) is 13.1 Å². The van der Waals surface area contributed by atoms with Gasteiger partial charge in [-0.1, -0.05) is 25.0 Å². The van der Waals surface area contributed by atoms with Crippen LogP contribution in [0.5, 0.6) is 5.75 Å². The van der Waals surface area contributed by atoms with Gasteiger partial charge in [0.2, 0.25) is 0 Å². The number of nitrogens with zero attached hydrogens (tertiary/aromatic N) is 1. The molecular formula is C24H29N3O6S. The molecule has 2 heterocycles. The zero-order valence-electron chi connectivity index (χ0n) is 19.3. The molecule has 0 atom stereocenters. The van der Waals surface area contributed by atoms with Gasteiger partial charge < -0.3 is 25.4 Å². The van der Waals surface area contributed by atoms with E-state index in [1.54, 1.807) is 43.0 Å². The van der Waals surface area contributed by atoms with Crippen molar-refractivity contribution in [1.29, 1.82) is 0 Å². The fraction of sp³-hybridized carbons (Fsp3) is 0.417. The Kier molecular flexibility index (Phi) is 8.64. The van der Waals surface area contributed by atoms with Crippen LogP contribution in [0.15, 0.2) is 24.3 Å². The van der Waals surface area contributed by atoms with Crippen molar-refractivity contribution in [3.05, 3.63) is 45.8 Å². The minimum atomic E-state index is -0.704. The van der Waals surface area contributed by atoms with Crippen LogP contribution < -0.4 is 15.8 Å². The van der Waals surface area contributed by atoms with Crippen LogP contribution in [0.3, 0.4) is 0 Å². The first kappa shape index (κ1) is 25.2. The predicted molar refractivity (Wildman–Crippen MR) is 128 cm³/mol. The maximum atomic E-state index is 13.1. The minimum Gasteiger partial charge on any atom is -0.483 e. The van der Waals surface area contributed by atoms with E-state index in [1.165, 1.54) is 0 Å². The molecule has 0 saturated carbocycles. The summed E-state index contributed by atoms with van der Waals surface area (Å²) in [6, 6.07) is 6.53. The summed E-state index contributed by atoms with van der Waals surface area (Å²) in [5, 5.41) is 2.84. The van der Waals surface area contributed by atoms with Crippen LogP contribution in [0.1, 0.15) is 68.6 Å². The van der Waals surface area contributed by atoms with Crippen molar-refractivity contribution >= 4 is 40.0 Å². The summed E-state index contributed by atoms with van der Waals surface area (Å²) in [6.07, 6.45) is 4.17. The van der Waals surface area contributed by atoms with E-state index in [0.717, 1.165) is 37.0 Å². The molecule has 1 aromatic carbocycles. The third-order valence-electron chi connectivity index (χ3n) is 5.52. The lowest BCUT2D eigenvalue weighted by Crippen LogP contribution is -2.35. The molecule has 0 spiro atoms. The quantitative estimate of drug-likeness (QED) is 0.550. The third kappa shape index (κ3) is 5.93. The van der Waals surface area contributed by atoms with Crippen molar-refractivity contribution in [2.75, 3.05) is 31.6 Å². The molecule has 1 fully saturated rings. The lowest BCUT2D eigenvalue weighted by molar-refractivity contribution is -0.133. The van der Waals surface area contributed by atoms with Gasteiger partial charge in [0.15, 0.2) is 6.61 Å². The Labute approximate surface area is 202 Å². The standard InChI is InChI=1S/C24H29N3O6S/c1-3-32-24(31)19-15(2)20(21(25)29)34-23(19)26-22(30)16-10-6-7-11-17(16)33-14-18(28)27-12-8-4-5-9-13-27/h6-7,10-11H,3-5,8-9,12-14H2,1-2H3,(H2,25,29)(H,26,30). The highest BCUT2D eigenvalue weighted by Crippen LogP contribution is 2.34. The maximum Gasteiger partial charge on any atom is 0.341 e. The van der Waals surface area contributed by atoms with Gasteiger partial charge in [-0.3, -0.25) is 14.4 Å². The Bertz CT molecular complexity index is 1070. The van der Waals surface area contributed by atoms with Crippen LogP contribution in [-0.2, 0) is 9.53 Å². The number of primary amides is 1. The number of amides is 3. The van der Waals surface area contributed by atoms with Crippen LogP contribution in [0.4, 0.5) is 5.00 Å². The fourth-order valence-corrected chi connectivity index (χ4v) is 4.83. The number of carbonyl (C=O) groups is 4. The molecule has 3 rings (SSSR count). The van der Waals surface area contributed by atoms with E-state index >= 15 is 0 Å². The van der Waals surface area contributed by atoms with Gasteiger partial charge >= 0.3 is 5.97 Å². The number of rotatable bonds is 8. The number of anilines is 1. The molecule has 9 nitrogen and oxygen atoms in total. The number of thiophene rings is 1. The number of esters is 1. The summed E-state index contributed by atoms with van der Waals surface area (Å²) in [7, 11) is 0. The molecule has 182 valence electrons. The summed E-state index contributed by atoms with van der Waals surface area (Å²) >= 11 is 0.907. The zero-order chi connectivity index (χ0) is 24.7. The Morgan fingerprint density at radius 2 is 1.76 bits per heavy atom. The number of para-hydroxylation sites is 1. The van der Waals surface area contributed by atoms with Gasteiger partial charge in [0.1, 0.15) is 10.8 Å². The van der Waals surface area contributed by atoms with E-state index in [2.05, 4.69) is 5.32 Å². The Morgan fingerprint density at radius 3 is 2.41 bits per heavy atom. The first-order valence-electron chi connectivity index (χ1n) is 11.2. The van der Waals surface area contributed by atoms with Gasteiger partial charge in [0.25, 0.3) is 17.7 Å². The van der Waals surface area contributed by atoms with Gasteiger partial charge in [-0.05, 0) is 44.4 Å². The highest BCUT2D eigenvalue weighted by Gasteiger charge is 2.27. The average Bonchev–Trinajstić information content (AvgIpc) is 2.97. The van der Waals surface area contributed by atoms with E-state index in [1.807, 2.05) is 0 Å². The second-order valence-electron chi connectivity index (χ2n) is 7.88. The van der Waals surface area contributed by atoms with Crippen molar-refractivity contribution in [2.45, 2.75) is 39.5 Å². The summed E-state index contributed by atoms with van der Waals surface area (Å²) in [4.78, 5) is 51.9. The van der Waals surface area contributed by atoms with Crippen LogP contribution in [0.25, 0.3) is 0 Å². The largest absolute Gasteiger partial charge is 0.483 e. The number of nitrogens with one attached hydrogen (secondary N) is 1. The zero-order valence-corrected chi connectivity index (χ0v) is 20.2. The molecule has 3 amide bonds. The maximum absolute atomic E-state index is 13.1. The smallest absolute Gasteiger partial charge is 0.341 e. The molecule has 1 aliphatic heterocycles. The summed E-state index contributed by atoms with van der Waals surface area (Å²) in [5.74, 6) is -1.80. The second kappa shape index (κ2) is 11.6. The van der Waals surface area contributed by atoms with Gasteiger partial charge in [-0.15, -0.1) is 11.3 Å². The number of hydrogen-bond acceptors (Lipinski definition) is 7. The van der Waals surface area contributed by atoms with Gasteiger partial charge in [0.05, 0.1) is 22.6 Å². The average molecular weight is 488 g/mol. The first-order chi connectivity index (χ1) is 16.3. The Balaban J connectivity index is 1.78. The van der Waals surface area contributed by atoms with Crippen molar-refractivity contribution in [3.63, 3.8) is 0 Å². The van der Waals surface area contributed by atoms with Crippen LogP contribution in [0, 0.1) is 6.92 Å². The molecule has 1 saturated heterocycles. The molecule has 0 radical (unpaired) electrons. The monoisotopic (exact) mass is 487 g/mol. The van der Waals surface area contributed by atoms with E-state index in [0.29, 0.717) is 18.7 Å².